The molecule has 10 aliphatic rings. The number of carboxylic acids is 10. The zero-order valence-corrected chi connectivity index (χ0v) is 60.0. The summed E-state index contributed by atoms with van der Waals surface area (Å²) in [6, 6.07) is 0. The van der Waals surface area contributed by atoms with Crippen LogP contribution < -0.4 is 0 Å². The van der Waals surface area contributed by atoms with Gasteiger partial charge >= 0.3 is 59.7 Å². The predicted molar refractivity (Wildman–Crippen MR) is 335 cm³/mol. The van der Waals surface area contributed by atoms with Crippen LogP contribution in [-0.2, 0) is 138 Å². The first-order chi connectivity index (χ1) is 56.4. The molecule has 0 bridgehead atoms. The highest BCUT2D eigenvalue weighted by Crippen LogP contribution is 2.41. The minimum atomic E-state index is -2.84. The third kappa shape index (κ3) is 19.3. The molecule has 0 spiro atoms. The molecule has 121 heavy (non-hydrogen) atoms. The number of hydrogen-bond acceptors (Lipinski definition) is 51. The Kier molecular flexibility index (Phi) is 30.6. The summed E-state index contributed by atoms with van der Waals surface area (Å²) in [5.41, 5.74) is 0. The molecule has 0 aromatic carbocycles. The van der Waals surface area contributed by atoms with Crippen LogP contribution in [0.2, 0.25) is 0 Å². The summed E-state index contributed by atoms with van der Waals surface area (Å²) in [5.74, 6) is -21.6. The van der Waals surface area contributed by atoms with Gasteiger partial charge in [0.15, 0.2) is 124 Å². The smallest absolute Gasteiger partial charge is 0.335 e. The maximum absolute atomic E-state index is 12.8. The molecule has 10 rings (SSSR count). The summed E-state index contributed by atoms with van der Waals surface area (Å²) in [7, 11) is 0. The number of hydrogen-bond donors (Lipinski definition) is 32. The highest BCUT2D eigenvalue weighted by molar-refractivity contribution is 5.77. The molecule has 0 amide bonds. The van der Waals surface area contributed by atoms with E-state index in [0.717, 1.165) is 0 Å². The van der Waals surface area contributed by atoms with Gasteiger partial charge in [0, 0.05) is 0 Å². The fourth-order valence-corrected chi connectivity index (χ4v) is 14.2. The van der Waals surface area contributed by atoms with Crippen molar-refractivity contribution in [3.05, 3.63) is 0 Å². The average Bonchev–Trinajstić information content (AvgIpc) is 0.764. The van der Waals surface area contributed by atoms with Crippen molar-refractivity contribution in [3.8, 4) is 0 Å². The molecule has 688 valence electrons. The van der Waals surface area contributed by atoms with E-state index < -0.39 is 367 Å². The zero-order valence-electron chi connectivity index (χ0n) is 60.0. The van der Waals surface area contributed by atoms with Crippen LogP contribution in [0.15, 0.2) is 0 Å². The summed E-state index contributed by atoms with van der Waals surface area (Å²) in [5, 5.41) is 341. The van der Waals surface area contributed by atoms with E-state index in [1.54, 1.807) is 0 Å². The van der Waals surface area contributed by atoms with Gasteiger partial charge in [-0.05, 0) is 0 Å². The lowest BCUT2D eigenvalue weighted by Crippen LogP contribution is -2.69. The SMILES string of the molecule is O=C(O)[C@H]1O[C@H](O[C@@H]2[C@H](O)[C@@H](O)[C@@H](O[C@@H]3[C@H](O)[C@@H](O)[C@@H](O[C@@H]4[C@H](O)[C@@H](O)[C@@H](O[C@@H]5[C@H](O)[C@@H](O)[C@@H](O[C@@H]6[C@H](O)[C@@H](O)[C@@H](O[C@@H]7[C@H](O)[C@@H](O)[C@@H](O[C@@H]8[C@H](O)[C@@H](O)[C@@H](O[C@@H]9[C@H](O)[C@@H](O)[C@@H](O[C@@H]%10[C@H](O)[C@@H](O)C(O)O[C@@H]%10C(=O)O)O[C@@H]9C(=O)O)O[C@@H]8C(=O)O)O[C@@H]7C(=O)O)O[C@@H]6C(=O)O)O[C@@H]5C(=O)O)O[C@@H]4C(=O)O)O[C@@H]3C(=O)O)O[C@@H]2C(=O)O)[C@H](O)[C@@H](O)[C@H]1O. The van der Waals surface area contributed by atoms with Gasteiger partial charge in [-0.3, -0.25) is 0 Å². The van der Waals surface area contributed by atoms with Crippen molar-refractivity contribution in [3.63, 3.8) is 0 Å². The molecule has 0 aromatic heterocycles. The molecule has 61 nitrogen and oxygen atoms in total. The average molecular weight is 1780 g/mol. The molecule has 0 aromatic rings. The molecule has 10 saturated heterocycles. The van der Waals surface area contributed by atoms with Gasteiger partial charge in [0.2, 0.25) is 0 Å². The summed E-state index contributed by atoms with van der Waals surface area (Å²) >= 11 is 0. The van der Waals surface area contributed by atoms with E-state index in [4.69, 9.17) is 85.3 Å². The first-order valence-corrected chi connectivity index (χ1v) is 35.1. The minimum absolute atomic E-state index is 1.94. The second-order valence-corrected chi connectivity index (χ2v) is 28.4. The maximum atomic E-state index is 12.8. The van der Waals surface area contributed by atoms with Crippen molar-refractivity contribution >= 4 is 59.7 Å². The van der Waals surface area contributed by atoms with Crippen LogP contribution in [-0.4, -0.2) is 530 Å². The molecular formula is C60H82O61. The first kappa shape index (κ1) is 96.3. The lowest BCUT2D eigenvalue weighted by Gasteiger charge is -2.49. The van der Waals surface area contributed by atoms with Crippen molar-refractivity contribution in [1.29, 1.82) is 0 Å². The van der Waals surface area contributed by atoms with Crippen LogP contribution in [0.4, 0.5) is 0 Å². The number of carboxylic acid groups (broad SMARTS) is 10. The molecular weight excluding hydrogens is 1700 g/mol. The van der Waals surface area contributed by atoms with Gasteiger partial charge < -0.3 is 253 Å². The van der Waals surface area contributed by atoms with E-state index in [2.05, 4.69) is 4.74 Å². The Morgan fingerprint density at radius 1 is 0.140 bits per heavy atom. The molecule has 32 N–H and O–H groups in total. The molecule has 1 unspecified atom stereocenters. The van der Waals surface area contributed by atoms with E-state index in [1.807, 2.05) is 0 Å². The van der Waals surface area contributed by atoms with E-state index in [-0.39, 0.29) is 0 Å². The van der Waals surface area contributed by atoms with Gasteiger partial charge in [-0.15, -0.1) is 0 Å². The van der Waals surface area contributed by atoms with E-state index >= 15 is 0 Å². The normalized spacial score (nSPS) is 49.9. The standard InChI is InChI=1S/C60H82O61/c61-1-2(62)31(41(82)83)113-52(13(1)73)105-23-4(64)15(75)54(115-33(23)43(86)87)107-25-6(66)17(77)56(117-35(25)45(90)91)109-27-8(68)19(79)58(119-37(27)47(94)95)111-29-10(70)21(81)60(121-39(29)49(98)99)112-30-11(71)20(80)59(120-40(30)50(100)101)110-28-9(69)18(78)57(118-38(28)48(96)97)108-26-7(67)16(76)55(116-36(26)46(92)93)106-24-5(65)14(74)53(114-34(24)44(88)89)104-22-3(63)12(72)51(102)103-32(22)42(84)85/h1-40,51-81,102H,(H,82,83)(H,84,85)(H,86,87)(H,88,89)(H,90,91)(H,92,93)(H,94,95)(H,96,97)(H,98,99)(H,100,101)/t1-,2+,3+,4+,5+,6+,7+,8+,9+,10+,11+,12+,13+,14+,15+,16+,17+,18+,19+,20+,21+,22+,23+,24+,25+,26+,27+,28+,29+,30+,31-,32-,33-,34-,35-,36-,37-,38-,39-,40-,51?,52-,53-,54-,55-,56-,57-,58-,59-,60-/m0/s1. The van der Waals surface area contributed by atoms with Gasteiger partial charge in [0.1, 0.15) is 183 Å². The highest BCUT2D eigenvalue weighted by Gasteiger charge is 2.65. The molecule has 0 saturated carbocycles. The molecule has 10 fully saturated rings. The van der Waals surface area contributed by atoms with Gasteiger partial charge in [0.25, 0.3) is 0 Å². The monoisotopic (exact) mass is 1780 g/mol. The fourth-order valence-electron chi connectivity index (χ4n) is 14.2. The topological polar surface area (TPSA) is 993 Å². The molecule has 0 aliphatic carbocycles. The summed E-state index contributed by atoms with van der Waals surface area (Å²) in [4.78, 5) is 125. The van der Waals surface area contributed by atoms with Gasteiger partial charge in [-0.2, -0.15) is 0 Å². The van der Waals surface area contributed by atoms with Crippen LogP contribution in [0.3, 0.4) is 0 Å². The lowest BCUT2D eigenvalue weighted by molar-refractivity contribution is -0.391. The van der Waals surface area contributed by atoms with E-state index in [0.29, 0.717) is 0 Å². The van der Waals surface area contributed by atoms with Gasteiger partial charge in [-0.25, -0.2) is 47.9 Å². The van der Waals surface area contributed by atoms with Gasteiger partial charge in [-0.1, -0.05) is 0 Å². The molecule has 0 radical (unpaired) electrons. The summed E-state index contributed by atoms with van der Waals surface area (Å²) in [6.07, 6.45) is -132. The summed E-state index contributed by atoms with van der Waals surface area (Å²) < 4.78 is 99.0. The Morgan fingerprint density at radius 3 is 0.397 bits per heavy atom. The van der Waals surface area contributed by atoms with Crippen LogP contribution in [0.25, 0.3) is 0 Å². The van der Waals surface area contributed by atoms with Crippen molar-refractivity contribution in [2.24, 2.45) is 0 Å². The summed E-state index contributed by atoms with van der Waals surface area (Å²) in [6.45, 7) is 0. The third-order valence-corrected chi connectivity index (χ3v) is 20.5. The molecule has 10 aliphatic heterocycles. The Bertz CT molecular complexity index is 3640. The number of carbonyl (C=O) groups is 10. The number of rotatable bonds is 28. The van der Waals surface area contributed by atoms with Crippen LogP contribution in [0, 0.1) is 0 Å². The largest absolute Gasteiger partial charge is 0.479 e. The highest BCUT2D eigenvalue weighted by atomic mass is 16.8. The van der Waals surface area contributed by atoms with Crippen molar-refractivity contribution in [2.75, 3.05) is 0 Å². The van der Waals surface area contributed by atoms with Crippen LogP contribution in [0.5, 0.6) is 0 Å². The Hall–Kier alpha value is -6.94. The molecule has 50 atom stereocenters. The predicted octanol–water partition coefficient (Wildman–Crippen LogP) is -21.9. The van der Waals surface area contributed by atoms with Crippen molar-refractivity contribution in [2.45, 2.75) is 307 Å². The second kappa shape index (κ2) is 38.5. The number of ether oxygens (including phenoxy) is 19. The number of aliphatic hydroxyl groups excluding tert-OH is 22. The zero-order chi connectivity index (χ0) is 90.1. The van der Waals surface area contributed by atoms with E-state index in [1.165, 1.54) is 0 Å². The van der Waals surface area contributed by atoms with Crippen molar-refractivity contribution < 1.29 is 301 Å². The van der Waals surface area contributed by atoms with Crippen LogP contribution in [0.1, 0.15) is 0 Å². The second-order valence-electron chi connectivity index (χ2n) is 28.4. The van der Waals surface area contributed by atoms with Gasteiger partial charge in [0.05, 0.1) is 0 Å². The maximum Gasteiger partial charge on any atom is 0.335 e. The Labute approximate surface area is 666 Å². The molecule has 61 heteroatoms. The molecule has 10 heterocycles. The van der Waals surface area contributed by atoms with Crippen LogP contribution >= 0.6 is 0 Å². The van der Waals surface area contributed by atoms with E-state index in [9.17, 15) is 211 Å². The minimum Gasteiger partial charge on any atom is -0.479 e. The fraction of sp³-hybridized carbons (Fsp3) is 0.833. The quantitative estimate of drug-likeness (QED) is 0.0346. The number of aliphatic carboxylic acids is 10. The lowest BCUT2D eigenvalue weighted by atomic mass is 9.94. The van der Waals surface area contributed by atoms with Crippen molar-refractivity contribution in [1.82, 2.24) is 0 Å². The number of aliphatic hydroxyl groups is 22. The Morgan fingerprint density at radius 2 is 0.256 bits per heavy atom. The first-order valence-electron chi connectivity index (χ1n) is 35.1. The third-order valence-electron chi connectivity index (χ3n) is 20.5. The Balaban J connectivity index is 0.752.